The van der Waals surface area contributed by atoms with E-state index in [1.54, 1.807) is 6.08 Å². The highest BCUT2D eigenvalue weighted by atomic mass is 32.2. The fourth-order valence-corrected chi connectivity index (χ4v) is 1.80. The lowest BCUT2D eigenvalue weighted by Gasteiger charge is -2.17. The number of nitrogens with one attached hydrogen (secondary N) is 1. The van der Waals surface area contributed by atoms with Gasteiger partial charge in [-0.2, -0.15) is 0 Å². The van der Waals surface area contributed by atoms with Crippen molar-refractivity contribution in [3.63, 3.8) is 0 Å². The summed E-state index contributed by atoms with van der Waals surface area (Å²) in [5.74, 6) is 0.561. The summed E-state index contributed by atoms with van der Waals surface area (Å²) in [4.78, 5) is 12.0. The van der Waals surface area contributed by atoms with Gasteiger partial charge in [0.05, 0.1) is 11.4 Å². The molecule has 0 aliphatic carbocycles. The maximum Gasteiger partial charge on any atom is 0.234 e. The molecule has 1 amide bonds. The smallest absolute Gasteiger partial charge is 0.234 e. The van der Waals surface area contributed by atoms with Crippen molar-refractivity contribution < 1.29 is 4.79 Å². The number of amides is 1. The van der Waals surface area contributed by atoms with Crippen LogP contribution in [0.5, 0.6) is 0 Å². The maximum absolute atomic E-state index is 11.0. The first kappa shape index (κ1) is 9.13. The molecule has 0 aromatic rings. The van der Waals surface area contributed by atoms with E-state index >= 15 is 0 Å². The van der Waals surface area contributed by atoms with Crippen LogP contribution in [0.1, 0.15) is 6.92 Å². The Kier molecular flexibility index (Phi) is 3.17. The standard InChI is InChI=1S/C9H11NOS/c1-3-5-8-7(4-2)10-9(11)6-12-8/h3-5H,1,6H2,2H3,(H,10,11)/b7-4+,8-5+. The van der Waals surface area contributed by atoms with Gasteiger partial charge in [0.15, 0.2) is 0 Å². The number of hydrogen-bond acceptors (Lipinski definition) is 2. The average molecular weight is 181 g/mol. The SMILES string of the molecule is C=C/C=C1/SCC(=O)N/C1=C/C. The first-order valence-electron chi connectivity index (χ1n) is 3.70. The molecular formula is C9H11NOS. The van der Waals surface area contributed by atoms with Crippen molar-refractivity contribution in [3.8, 4) is 0 Å². The van der Waals surface area contributed by atoms with Gasteiger partial charge in [-0.05, 0) is 13.0 Å². The zero-order chi connectivity index (χ0) is 8.97. The summed E-state index contributed by atoms with van der Waals surface area (Å²) in [6, 6.07) is 0. The second-order valence-corrected chi connectivity index (χ2v) is 3.32. The number of carbonyl (C=O) groups excluding carboxylic acids is 1. The molecule has 1 rings (SSSR count). The molecule has 0 saturated carbocycles. The molecule has 1 heterocycles. The fourth-order valence-electron chi connectivity index (χ4n) is 0.928. The van der Waals surface area contributed by atoms with Crippen LogP contribution in [0, 0.1) is 0 Å². The van der Waals surface area contributed by atoms with Gasteiger partial charge in [-0.3, -0.25) is 4.79 Å². The van der Waals surface area contributed by atoms with Crippen molar-refractivity contribution in [1.82, 2.24) is 5.32 Å². The highest BCUT2D eigenvalue weighted by molar-refractivity contribution is 8.04. The van der Waals surface area contributed by atoms with E-state index in [1.165, 1.54) is 11.8 Å². The van der Waals surface area contributed by atoms with E-state index in [1.807, 2.05) is 19.1 Å². The lowest BCUT2D eigenvalue weighted by atomic mass is 10.3. The highest BCUT2D eigenvalue weighted by Gasteiger charge is 2.15. The molecule has 0 bridgehead atoms. The Bertz CT molecular complexity index is 266. The predicted molar refractivity (Wildman–Crippen MR) is 52.6 cm³/mol. The van der Waals surface area contributed by atoms with Crippen LogP contribution in [0.3, 0.4) is 0 Å². The zero-order valence-corrected chi connectivity index (χ0v) is 7.78. The summed E-state index contributed by atoms with van der Waals surface area (Å²) in [6.45, 7) is 5.51. The van der Waals surface area contributed by atoms with Crippen molar-refractivity contribution in [2.75, 3.05) is 5.75 Å². The van der Waals surface area contributed by atoms with Crippen molar-refractivity contribution in [1.29, 1.82) is 0 Å². The second kappa shape index (κ2) is 4.16. The molecule has 0 atom stereocenters. The Hall–Kier alpha value is -0.960. The molecule has 1 saturated heterocycles. The van der Waals surface area contributed by atoms with Crippen LogP contribution >= 0.6 is 11.8 Å². The van der Waals surface area contributed by atoms with Crippen molar-refractivity contribution >= 4 is 17.7 Å². The number of allylic oxidation sites excluding steroid dienone is 3. The normalized spacial score (nSPS) is 24.2. The quantitative estimate of drug-likeness (QED) is 0.668. The summed E-state index contributed by atoms with van der Waals surface area (Å²) in [5, 5.41) is 2.79. The van der Waals surface area contributed by atoms with Gasteiger partial charge in [0.2, 0.25) is 5.91 Å². The van der Waals surface area contributed by atoms with E-state index in [-0.39, 0.29) is 5.91 Å². The summed E-state index contributed by atoms with van der Waals surface area (Å²) < 4.78 is 0. The average Bonchev–Trinajstić information content (AvgIpc) is 2.08. The van der Waals surface area contributed by atoms with Gasteiger partial charge in [-0.25, -0.2) is 0 Å². The summed E-state index contributed by atoms with van der Waals surface area (Å²) >= 11 is 1.54. The van der Waals surface area contributed by atoms with Gasteiger partial charge in [0.25, 0.3) is 0 Å². The van der Waals surface area contributed by atoms with E-state index in [0.717, 1.165) is 10.6 Å². The van der Waals surface area contributed by atoms with E-state index in [0.29, 0.717) is 5.75 Å². The Morgan fingerprint density at radius 2 is 2.42 bits per heavy atom. The molecule has 0 radical (unpaired) electrons. The molecule has 0 unspecified atom stereocenters. The third-order valence-electron chi connectivity index (χ3n) is 1.46. The molecule has 12 heavy (non-hydrogen) atoms. The van der Waals surface area contributed by atoms with Crippen LogP contribution in [-0.4, -0.2) is 11.7 Å². The summed E-state index contributed by atoms with van der Waals surface area (Å²) in [6.07, 6.45) is 5.52. The Balaban J connectivity index is 2.83. The minimum absolute atomic E-state index is 0.0642. The first-order chi connectivity index (χ1) is 5.77. The molecule has 0 aromatic carbocycles. The van der Waals surface area contributed by atoms with E-state index < -0.39 is 0 Å². The summed E-state index contributed by atoms with van der Waals surface area (Å²) in [5.41, 5.74) is 0.885. The summed E-state index contributed by atoms with van der Waals surface area (Å²) in [7, 11) is 0. The molecule has 1 N–H and O–H groups in total. The highest BCUT2D eigenvalue weighted by Crippen LogP contribution is 2.25. The zero-order valence-electron chi connectivity index (χ0n) is 6.96. The third kappa shape index (κ3) is 2.01. The Morgan fingerprint density at radius 1 is 1.67 bits per heavy atom. The van der Waals surface area contributed by atoms with Gasteiger partial charge in [0, 0.05) is 4.91 Å². The van der Waals surface area contributed by atoms with Gasteiger partial charge in [-0.1, -0.05) is 18.7 Å². The van der Waals surface area contributed by atoms with Crippen LogP contribution in [-0.2, 0) is 4.79 Å². The molecule has 0 spiro atoms. The Labute approximate surface area is 76.4 Å². The fraction of sp³-hybridized carbons (Fsp3) is 0.222. The lowest BCUT2D eigenvalue weighted by molar-refractivity contribution is -0.117. The molecule has 64 valence electrons. The first-order valence-corrected chi connectivity index (χ1v) is 4.68. The van der Waals surface area contributed by atoms with Gasteiger partial charge in [0.1, 0.15) is 0 Å². The Morgan fingerprint density at radius 3 is 3.00 bits per heavy atom. The van der Waals surface area contributed by atoms with Crippen LogP contribution in [0.25, 0.3) is 0 Å². The topological polar surface area (TPSA) is 29.1 Å². The van der Waals surface area contributed by atoms with Crippen LogP contribution < -0.4 is 5.32 Å². The largest absolute Gasteiger partial charge is 0.325 e. The lowest BCUT2D eigenvalue weighted by Crippen LogP contribution is -2.29. The molecular weight excluding hydrogens is 170 g/mol. The number of rotatable bonds is 1. The molecule has 1 fully saturated rings. The van der Waals surface area contributed by atoms with Crippen LogP contribution in [0.15, 0.2) is 35.4 Å². The van der Waals surface area contributed by atoms with E-state index in [9.17, 15) is 4.79 Å². The van der Waals surface area contributed by atoms with Crippen LogP contribution in [0.2, 0.25) is 0 Å². The van der Waals surface area contributed by atoms with Crippen molar-refractivity contribution in [2.45, 2.75) is 6.92 Å². The van der Waals surface area contributed by atoms with Gasteiger partial charge in [-0.15, -0.1) is 11.8 Å². The van der Waals surface area contributed by atoms with E-state index in [2.05, 4.69) is 11.9 Å². The maximum atomic E-state index is 11.0. The number of carbonyl (C=O) groups is 1. The number of thioether (sulfide) groups is 1. The molecule has 3 heteroatoms. The van der Waals surface area contributed by atoms with Crippen molar-refractivity contribution in [3.05, 3.63) is 35.4 Å². The van der Waals surface area contributed by atoms with Gasteiger partial charge < -0.3 is 5.32 Å². The third-order valence-corrected chi connectivity index (χ3v) is 2.53. The molecule has 2 nitrogen and oxygen atoms in total. The minimum Gasteiger partial charge on any atom is -0.325 e. The van der Waals surface area contributed by atoms with E-state index in [4.69, 9.17) is 0 Å². The van der Waals surface area contributed by atoms with Crippen molar-refractivity contribution in [2.24, 2.45) is 0 Å². The number of hydrogen-bond donors (Lipinski definition) is 1. The second-order valence-electron chi connectivity index (χ2n) is 2.31. The molecule has 1 aliphatic rings. The van der Waals surface area contributed by atoms with Crippen LogP contribution in [0.4, 0.5) is 0 Å². The predicted octanol–water partition coefficient (Wildman–Crippen LogP) is 1.82. The molecule has 1 aliphatic heterocycles. The van der Waals surface area contributed by atoms with Gasteiger partial charge >= 0.3 is 0 Å². The monoisotopic (exact) mass is 181 g/mol. The molecule has 0 aromatic heterocycles. The minimum atomic E-state index is 0.0642.